The van der Waals surface area contributed by atoms with E-state index in [0.29, 0.717) is 16.6 Å². The van der Waals surface area contributed by atoms with Gasteiger partial charge in [-0.15, -0.1) is 5.10 Å². The van der Waals surface area contributed by atoms with Gasteiger partial charge in [-0.05, 0) is 25.1 Å². The van der Waals surface area contributed by atoms with Crippen molar-refractivity contribution >= 4 is 26.8 Å². The van der Waals surface area contributed by atoms with Crippen molar-refractivity contribution in [2.45, 2.75) is 13.3 Å². The van der Waals surface area contributed by atoms with Crippen LogP contribution in [0.2, 0.25) is 0 Å². The number of fused-ring (bicyclic) bond motifs is 1. The third-order valence-corrected chi connectivity index (χ3v) is 3.57. The van der Waals surface area contributed by atoms with Crippen LogP contribution in [0.25, 0.3) is 16.7 Å². The predicted octanol–water partition coefficient (Wildman–Crippen LogP) is 3.82. The first-order valence-corrected chi connectivity index (χ1v) is 6.62. The lowest BCUT2D eigenvalue weighted by atomic mass is 10.1. The van der Waals surface area contributed by atoms with E-state index in [-0.39, 0.29) is 11.4 Å². The third-order valence-electron chi connectivity index (χ3n) is 2.87. The van der Waals surface area contributed by atoms with Crippen LogP contribution in [0.1, 0.15) is 17.7 Å². The van der Waals surface area contributed by atoms with Gasteiger partial charge in [-0.1, -0.05) is 27.2 Å². The summed E-state index contributed by atoms with van der Waals surface area (Å²) in [6.45, 7) is 1.74. The Bertz CT molecular complexity index is 785. The van der Waals surface area contributed by atoms with Crippen molar-refractivity contribution in [3.05, 3.63) is 46.2 Å². The second-order valence-corrected chi connectivity index (χ2v) is 5.17. The zero-order valence-corrected chi connectivity index (χ0v) is 12.0. The maximum absolute atomic E-state index is 13.3. The van der Waals surface area contributed by atoms with Gasteiger partial charge in [0.1, 0.15) is 0 Å². The smallest absolute Gasteiger partial charge is 0.228 e. The zero-order valence-electron chi connectivity index (χ0n) is 10.4. The molecule has 2 aromatic heterocycles. The van der Waals surface area contributed by atoms with Crippen molar-refractivity contribution in [2.24, 2.45) is 0 Å². The minimum absolute atomic E-state index is 0.103. The van der Waals surface area contributed by atoms with E-state index in [9.17, 15) is 8.78 Å². The minimum atomic E-state index is -2.64. The molecule has 2 heterocycles. The highest BCUT2D eigenvalue weighted by Crippen LogP contribution is 2.31. The van der Waals surface area contributed by atoms with Crippen molar-refractivity contribution in [1.29, 1.82) is 0 Å². The van der Waals surface area contributed by atoms with E-state index in [1.54, 1.807) is 31.3 Å². The van der Waals surface area contributed by atoms with Crippen molar-refractivity contribution in [2.75, 3.05) is 0 Å². The molecule has 0 N–H and O–H groups in total. The average Bonchev–Trinajstić information content (AvgIpc) is 2.84. The van der Waals surface area contributed by atoms with E-state index < -0.39 is 6.43 Å². The highest BCUT2D eigenvalue weighted by atomic mass is 79.9. The molecule has 0 saturated heterocycles. The average molecular weight is 339 g/mol. The summed E-state index contributed by atoms with van der Waals surface area (Å²) in [5.74, 6) is 0.103. The van der Waals surface area contributed by atoms with Crippen LogP contribution in [0.5, 0.6) is 0 Å². The van der Waals surface area contributed by atoms with Gasteiger partial charge in [-0.2, -0.15) is 0 Å². The van der Waals surface area contributed by atoms with Gasteiger partial charge < -0.3 is 0 Å². The molecule has 0 saturated carbocycles. The normalized spacial score (nSPS) is 11.4. The molecule has 3 aromatic rings. The Balaban J connectivity index is 2.32. The van der Waals surface area contributed by atoms with Crippen LogP contribution >= 0.6 is 15.9 Å². The zero-order chi connectivity index (χ0) is 14.3. The number of hydrogen-bond acceptors (Lipinski definition) is 3. The van der Waals surface area contributed by atoms with Gasteiger partial charge in [0.05, 0.1) is 23.0 Å². The Morgan fingerprint density at radius 2 is 2.10 bits per heavy atom. The molecule has 0 spiro atoms. The maximum atomic E-state index is 13.3. The summed E-state index contributed by atoms with van der Waals surface area (Å²) >= 11 is 3.35. The van der Waals surface area contributed by atoms with Crippen molar-refractivity contribution in [3.8, 4) is 5.82 Å². The van der Waals surface area contributed by atoms with E-state index in [4.69, 9.17) is 0 Å². The molecule has 1 aromatic carbocycles. The Labute approximate surface area is 121 Å². The van der Waals surface area contributed by atoms with Crippen LogP contribution in [0.4, 0.5) is 8.78 Å². The van der Waals surface area contributed by atoms with Gasteiger partial charge in [0.15, 0.2) is 5.82 Å². The fraction of sp³-hybridized carbons (Fsp3) is 0.154. The molecule has 0 fully saturated rings. The fourth-order valence-corrected chi connectivity index (χ4v) is 2.43. The van der Waals surface area contributed by atoms with Gasteiger partial charge >= 0.3 is 0 Å². The number of alkyl halides is 2. The SMILES string of the molecule is Cc1cn(-c2nc3cccc(Br)c3cc2C(F)F)nn1. The molecule has 0 unspecified atom stereocenters. The Morgan fingerprint density at radius 3 is 2.75 bits per heavy atom. The minimum Gasteiger partial charge on any atom is -0.228 e. The standard InChI is InChI=1S/C13H9BrF2N4/c1-7-6-20(19-18-7)13-9(12(15)16)5-8-10(14)3-2-4-11(8)17-13/h2-6,12H,1H3. The number of halogens is 3. The fourth-order valence-electron chi connectivity index (χ4n) is 1.96. The predicted molar refractivity (Wildman–Crippen MR) is 74.1 cm³/mol. The van der Waals surface area contributed by atoms with Gasteiger partial charge in [-0.25, -0.2) is 18.4 Å². The first-order valence-electron chi connectivity index (χ1n) is 5.83. The monoisotopic (exact) mass is 338 g/mol. The molecule has 7 heteroatoms. The summed E-state index contributed by atoms with van der Waals surface area (Å²) in [6, 6.07) is 6.79. The van der Waals surface area contributed by atoms with E-state index >= 15 is 0 Å². The molecule has 0 aliphatic heterocycles. The Morgan fingerprint density at radius 1 is 1.30 bits per heavy atom. The maximum Gasteiger partial charge on any atom is 0.267 e. The molecule has 0 radical (unpaired) electrons. The second kappa shape index (κ2) is 4.90. The largest absolute Gasteiger partial charge is 0.267 e. The van der Waals surface area contributed by atoms with E-state index in [1.165, 1.54) is 10.7 Å². The topological polar surface area (TPSA) is 43.6 Å². The molecular weight excluding hydrogens is 330 g/mol. The van der Waals surface area contributed by atoms with E-state index in [1.807, 2.05) is 0 Å². The summed E-state index contributed by atoms with van der Waals surface area (Å²) in [5.41, 5.74) is 1.09. The second-order valence-electron chi connectivity index (χ2n) is 4.31. The molecule has 0 aliphatic carbocycles. The summed E-state index contributed by atoms with van der Waals surface area (Å²) in [4.78, 5) is 4.29. The molecule has 0 atom stereocenters. The summed E-state index contributed by atoms with van der Waals surface area (Å²) in [7, 11) is 0. The molecule has 0 bridgehead atoms. The van der Waals surface area contributed by atoms with Gasteiger partial charge in [0, 0.05) is 9.86 Å². The van der Waals surface area contributed by atoms with E-state index in [0.717, 1.165) is 4.47 Å². The molecule has 20 heavy (non-hydrogen) atoms. The molecule has 4 nitrogen and oxygen atoms in total. The number of aromatic nitrogens is 4. The first-order chi connectivity index (χ1) is 9.56. The summed E-state index contributed by atoms with van der Waals surface area (Å²) in [5, 5.41) is 8.27. The molecule has 102 valence electrons. The van der Waals surface area contributed by atoms with E-state index in [2.05, 4.69) is 31.2 Å². The molecule has 0 amide bonds. The number of pyridine rings is 1. The highest BCUT2D eigenvalue weighted by Gasteiger charge is 2.18. The van der Waals surface area contributed by atoms with Crippen LogP contribution in [-0.4, -0.2) is 20.0 Å². The number of benzene rings is 1. The van der Waals surface area contributed by atoms with Crippen LogP contribution in [0.3, 0.4) is 0 Å². The van der Waals surface area contributed by atoms with Gasteiger partial charge in [-0.3, -0.25) is 0 Å². The highest BCUT2D eigenvalue weighted by molar-refractivity contribution is 9.10. The quantitative estimate of drug-likeness (QED) is 0.713. The summed E-state index contributed by atoms with van der Waals surface area (Å²) < 4.78 is 28.5. The van der Waals surface area contributed by atoms with Gasteiger partial charge in [0.25, 0.3) is 6.43 Å². The van der Waals surface area contributed by atoms with Crippen molar-refractivity contribution in [1.82, 2.24) is 20.0 Å². The molecular formula is C13H9BrF2N4. The lowest BCUT2D eigenvalue weighted by molar-refractivity contribution is 0.151. The number of hydrogen-bond donors (Lipinski definition) is 0. The summed E-state index contributed by atoms with van der Waals surface area (Å²) in [6.07, 6.45) is -1.07. The number of aryl methyl sites for hydroxylation is 1. The number of rotatable bonds is 2. The van der Waals surface area contributed by atoms with Gasteiger partial charge in [0.2, 0.25) is 0 Å². The number of nitrogens with zero attached hydrogens (tertiary/aromatic N) is 4. The van der Waals surface area contributed by atoms with Crippen molar-refractivity contribution < 1.29 is 8.78 Å². The third kappa shape index (κ3) is 2.18. The van der Waals surface area contributed by atoms with Crippen LogP contribution < -0.4 is 0 Å². The van der Waals surface area contributed by atoms with Crippen LogP contribution in [0, 0.1) is 6.92 Å². The van der Waals surface area contributed by atoms with Crippen LogP contribution in [0.15, 0.2) is 34.9 Å². The Kier molecular flexibility index (Phi) is 3.21. The van der Waals surface area contributed by atoms with Crippen LogP contribution in [-0.2, 0) is 0 Å². The van der Waals surface area contributed by atoms with Crippen molar-refractivity contribution in [3.63, 3.8) is 0 Å². The first kappa shape index (κ1) is 13.1. The lowest BCUT2D eigenvalue weighted by Crippen LogP contribution is -2.05. The Hall–Kier alpha value is -1.89. The molecule has 0 aliphatic rings. The lowest BCUT2D eigenvalue weighted by Gasteiger charge is -2.10. The molecule has 3 rings (SSSR count).